The third-order valence-corrected chi connectivity index (χ3v) is 4.51. The summed E-state index contributed by atoms with van der Waals surface area (Å²) in [7, 11) is 0. The monoisotopic (exact) mass is 326 g/mol. The van der Waals surface area contributed by atoms with Crippen LogP contribution in [0.5, 0.6) is 0 Å². The van der Waals surface area contributed by atoms with Crippen molar-refractivity contribution in [3.05, 3.63) is 47.7 Å². The quantitative estimate of drug-likeness (QED) is 0.780. The number of H-pyrrole nitrogens is 1. The SMILES string of the molecule is Cc1nc(COC2CCCN(Cc3ccc4cc[nH]c4c3)C2)no1. The van der Waals surface area contributed by atoms with E-state index in [1.165, 1.54) is 16.5 Å². The average Bonchev–Trinajstić information content (AvgIpc) is 3.21. The van der Waals surface area contributed by atoms with Gasteiger partial charge in [-0.2, -0.15) is 4.98 Å². The van der Waals surface area contributed by atoms with Crippen LogP contribution in [0.1, 0.15) is 30.1 Å². The molecule has 126 valence electrons. The fourth-order valence-electron chi connectivity index (χ4n) is 3.34. The first-order valence-electron chi connectivity index (χ1n) is 8.45. The number of piperidine rings is 1. The highest BCUT2D eigenvalue weighted by atomic mass is 16.5. The van der Waals surface area contributed by atoms with E-state index in [-0.39, 0.29) is 6.10 Å². The van der Waals surface area contributed by atoms with Crippen molar-refractivity contribution < 1.29 is 9.26 Å². The van der Waals surface area contributed by atoms with E-state index < -0.39 is 0 Å². The normalized spacial score (nSPS) is 19.1. The van der Waals surface area contributed by atoms with Gasteiger partial charge in [-0.05, 0) is 42.5 Å². The van der Waals surface area contributed by atoms with Gasteiger partial charge in [0.05, 0.1) is 6.10 Å². The number of aryl methyl sites for hydroxylation is 1. The summed E-state index contributed by atoms with van der Waals surface area (Å²) >= 11 is 0. The van der Waals surface area contributed by atoms with Gasteiger partial charge in [0.2, 0.25) is 5.89 Å². The topological polar surface area (TPSA) is 67.2 Å². The molecule has 0 bridgehead atoms. The van der Waals surface area contributed by atoms with Gasteiger partial charge in [0.15, 0.2) is 5.82 Å². The van der Waals surface area contributed by atoms with Crippen LogP contribution in [0.25, 0.3) is 10.9 Å². The van der Waals surface area contributed by atoms with Crippen molar-refractivity contribution in [3.8, 4) is 0 Å². The first-order valence-corrected chi connectivity index (χ1v) is 8.45. The highest BCUT2D eigenvalue weighted by Gasteiger charge is 2.21. The maximum absolute atomic E-state index is 5.98. The smallest absolute Gasteiger partial charge is 0.223 e. The lowest BCUT2D eigenvalue weighted by Gasteiger charge is -2.32. The van der Waals surface area contributed by atoms with Gasteiger partial charge >= 0.3 is 0 Å². The van der Waals surface area contributed by atoms with Gasteiger partial charge in [-0.1, -0.05) is 17.3 Å². The van der Waals surface area contributed by atoms with Crippen LogP contribution in [0.15, 0.2) is 35.0 Å². The number of likely N-dealkylation sites (tertiary alicyclic amines) is 1. The molecule has 1 saturated heterocycles. The second-order valence-electron chi connectivity index (χ2n) is 6.44. The Kier molecular flexibility index (Phi) is 4.32. The summed E-state index contributed by atoms with van der Waals surface area (Å²) in [4.78, 5) is 9.92. The van der Waals surface area contributed by atoms with Crippen molar-refractivity contribution in [1.29, 1.82) is 0 Å². The lowest BCUT2D eigenvalue weighted by molar-refractivity contribution is -0.0151. The molecule has 6 nitrogen and oxygen atoms in total. The molecule has 3 aromatic rings. The number of fused-ring (bicyclic) bond motifs is 1. The van der Waals surface area contributed by atoms with Gasteiger partial charge in [-0.25, -0.2) is 0 Å². The fourth-order valence-corrected chi connectivity index (χ4v) is 3.34. The van der Waals surface area contributed by atoms with Crippen molar-refractivity contribution in [2.24, 2.45) is 0 Å². The number of hydrogen-bond acceptors (Lipinski definition) is 5. The zero-order chi connectivity index (χ0) is 16.4. The van der Waals surface area contributed by atoms with Gasteiger partial charge in [0, 0.05) is 31.7 Å². The van der Waals surface area contributed by atoms with E-state index in [1.807, 2.05) is 6.20 Å². The minimum absolute atomic E-state index is 0.228. The molecule has 0 aliphatic carbocycles. The summed E-state index contributed by atoms with van der Waals surface area (Å²) < 4.78 is 11.0. The van der Waals surface area contributed by atoms with Crippen LogP contribution in [-0.4, -0.2) is 39.2 Å². The van der Waals surface area contributed by atoms with Gasteiger partial charge in [0.25, 0.3) is 0 Å². The molecule has 1 aliphatic heterocycles. The second-order valence-corrected chi connectivity index (χ2v) is 6.44. The molecule has 1 N–H and O–H groups in total. The molecule has 3 heterocycles. The van der Waals surface area contributed by atoms with Gasteiger partial charge in [-0.15, -0.1) is 0 Å². The lowest BCUT2D eigenvalue weighted by Crippen LogP contribution is -2.39. The van der Waals surface area contributed by atoms with Gasteiger partial charge < -0.3 is 14.2 Å². The third kappa shape index (κ3) is 3.49. The Morgan fingerprint density at radius 3 is 3.21 bits per heavy atom. The Labute approximate surface area is 140 Å². The molecule has 6 heteroatoms. The van der Waals surface area contributed by atoms with E-state index in [4.69, 9.17) is 9.26 Å². The molecular weight excluding hydrogens is 304 g/mol. The van der Waals surface area contributed by atoms with E-state index in [9.17, 15) is 0 Å². The minimum atomic E-state index is 0.228. The Morgan fingerprint density at radius 2 is 2.33 bits per heavy atom. The molecule has 2 aromatic heterocycles. The van der Waals surface area contributed by atoms with E-state index >= 15 is 0 Å². The highest BCUT2D eigenvalue weighted by Crippen LogP contribution is 2.19. The number of nitrogens with zero attached hydrogens (tertiary/aromatic N) is 3. The zero-order valence-electron chi connectivity index (χ0n) is 13.9. The van der Waals surface area contributed by atoms with Crippen LogP contribution in [0.2, 0.25) is 0 Å². The number of hydrogen-bond donors (Lipinski definition) is 1. The first-order chi connectivity index (χ1) is 11.8. The maximum Gasteiger partial charge on any atom is 0.223 e. The molecule has 1 fully saturated rings. The zero-order valence-corrected chi connectivity index (χ0v) is 13.9. The van der Waals surface area contributed by atoms with Crippen molar-refractivity contribution in [1.82, 2.24) is 20.0 Å². The van der Waals surface area contributed by atoms with Crippen LogP contribution >= 0.6 is 0 Å². The number of benzene rings is 1. The summed E-state index contributed by atoms with van der Waals surface area (Å²) in [6.07, 6.45) is 4.45. The summed E-state index contributed by atoms with van der Waals surface area (Å²) in [6.45, 7) is 5.23. The van der Waals surface area contributed by atoms with E-state index in [2.05, 4.69) is 44.3 Å². The van der Waals surface area contributed by atoms with Crippen molar-refractivity contribution in [2.45, 2.75) is 39.0 Å². The predicted octanol–water partition coefficient (Wildman–Crippen LogP) is 3.04. The van der Waals surface area contributed by atoms with Crippen LogP contribution in [-0.2, 0) is 17.9 Å². The van der Waals surface area contributed by atoms with Crippen LogP contribution in [0, 0.1) is 6.92 Å². The standard InChI is InChI=1S/C18H22N4O2/c1-13-20-18(21-24-13)12-23-16-3-2-8-22(11-16)10-14-4-5-15-6-7-19-17(15)9-14/h4-7,9,16,19H,2-3,8,10-12H2,1H3. The Morgan fingerprint density at radius 1 is 1.38 bits per heavy atom. The average molecular weight is 326 g/mol. The Hall–Kier alpha value is -2.18. The van der Waals surface area contributed by atoms with Crippen molar-refractivity contribution >= 4 is 10.9 Å². The fraction of sp³-hybridized carbons (Fsp3) is 0.444. The van der Waals surface area contributed by atoms with Crippen molar-refractivity contribution in [2.75, 3.05) is 13.1 Å². The van der Waals surface area contributed by atoms with E-state index in [0.717, 1.165) is 32.5 Å². The molecule has 24 heavy (non-hydrogen) atoms. The molecule has 1 aliphatic rings. The molecular formula is C18H22N4O2. The highest BCUT2D eigenvalue weighted by molar-refractivity contribution is 5.79. The number of nitrogens with one attached hydrogen (secondary N) is 1. The molecule has 0 spiro atoms. The molecule has 0 radical (unpaired) electrons. The summed E-state index contributed by atoms with van der Waals surface area (Å²) in [5, 5.41) is 5.14. The number of aromatic nitrogens is 3. The molecule has 1 aromatic carbocycles. The van der Waals surface area contributed by atoms with Gasteiger partial charge in [0.1, 0.15) is 6.61 Å². The number of rotatable bonds is 5. The summed E-state index contributed by atoms with van der Waals surface area (Å²) in [5.74, 6) is 1.21. The molecule has 0 amide bonds. The first kappa shape index (κ1) is 15.4. The van der Waals surface area contributed by atoms with Crippen LogP contribution < -0.4 is 0 Å². The summed E-state index contributed by atoms with van der Waals surface area (Å²) in [6, 6.07) is 8.73. The predicted molar refractivity (Wildman–Crippen MR) is 90.4 cm³/mol. The minimum Gasteiger partial charge on any atom is -0.369 e. The molecule has 0 saturated carbocycles. The molecule has 1 unspecified atom stereocenters. The largest absolute Gasteiger partial charge is 0.369 e. The van der Waals surface area contributed by atoms with Gasteiger partial charge in [-0.3, -0.25) is 4.90 Å². The maximum atomic E-state index is 5.98. The van der Waals surface area contributed by atoms with Crippen LogP contribution in [0.3, 0.4) is 0 Å². The number of ether oxygens (including phenoxy) is 1. The third-order valence-electron chi connectivity index (χ3n) is 4.51. The Balaban J connectivity index is 1.34. The second kappa shape index (κ2) is 6.75. The number of aromatic amines is 1. The molecule has 4 rings (SSSR count). The van der Waals surface area contributed by atoms with Crippen molar-refractivity contribution in [3.63, 3.8) is 0 Å². The van der Waals surface area contributed by atoms with E-state index in [0.29, 0.717) is 18.3 Å². The lowest BCUT2D eigenvalue weighted by atomic mass is 10.1. The Bertz CT molecular complexity index is 810. The van der Waals surface area contributed by atoms with Crippen LogP contribution in [0.4, 0.5) is 0 Å². The summed E-state index contributed by atoms with van der Waals surface area (Å²) in [5.41, 5.74) is 2.53. The van der Waals surface area contributed by atoms with E-state index in [1.54, 1.807) is 6.92 Å². The molecule has 1 atom stereocenters.